The minimum Gasteiger partial charge on any atom is -0.393 e. The average molecular weight is 420 g/mol. The average Bonchev–Trinajstić information content (AvgIpc) is 2.75. The van der Waals surface area contributed by atoms with Crippen LogP contribution in [0.5, 0.6) is 0 Å². The van der Waals surface area contributed by atoms with E-state index in [1.54, 1.807) is 6.20 Å². The number of anilines is 1. The Kier molecular flexibility index (Phi) is 8.02. The van der Waals surface area contributed by atoms with E-state index in [1.807, 2.05) is 36.7 Å². The molecule has 6 nitrogen and oxygen atoms in total. The Morgan fingerprint density at radius 3 is 2.39 bits per heavy atom. The van der Waals surface area contributed by atoms with Gasteiger partial charge in [-0.05, 0) is 65.5 Å². The first-order valence-corrected chi connectivity index (χ1v) is 11.1. The predicted molar refractivity (Wildman–Crippen MR) is 127 cm³/mol. The third-order valence-corrected chi connectivity index (χ3v) is 5.43. The van der Waals surface area contributed by atoms with E-state index in [9.17, 15) is 5.11 Å². The molecule has 1 fully saturated rings. The Labute approximate surface area is 185 Å². The van der Waals surface area contributed by atoms with Crippen molar-refractivity contribution < 1.29 is 5.11 Å². The van der Waals surface area contributed by atoms with Crippen molar-refractivity contribution in [2.75, 3.05) is 5.32 Å². The minimum absolute atomic E-state index is 0.195. The van der Waals surface area contributed by atoms with Gasteiger partial charge < -0.3 is 15.3 Å². The largest absolute Gasteiger partial charge is 0.393 e. The summed E-state index contributed by atoms with van der Waals surface area (Å²) in [4.78, 5) is 15.8. The van der Waals surface area contributed by atoms with Crippen LogP contribution in [-0.2, 0) is 0 Å². The van der Waals surface area contributed by atoms with Gasteiger partial charge in [-0.1, -0.05) is 30.0 Å². The molecule has 0 atom stereocenters. The summed E-state index contributed by atoms with van der Waals surface area (Å²) >= 11 is 0. The lowest BCUT2D eigenvalue weighted by Crippen LogP contribution is -2.35. The third kappa shape index (κ3) is 6.80. The van der Waals surface area contributed by atoms with E-state index in [4.69, 9.17) is 0 Å². The standard InChI is InChI=1S/C25H33N5O/c1-18(2)30(19(3)4)17-27-25-26-16-21(11-10-20-8-6-5-7-9-20)24(29-25)28-22-12-14-23(31)15-13-22/h5-9,16-19,22-23,31H,12-15H2,1-4H3,(H,26,28,29)/t22-,23-. The number of nitrogens with one attached hydrogen (secondary N) is 1. The molecule has 2 aromatic rings. The van der Waals surface area contributed by atoms with Gasteiger partial charge in [0.05, 0.1) is 24.2 Å². The lowest BCUT2D eigenvalue weighted by atomic mass is 9.93. The van der Waals surface area contributed by atoms with Gasteiger partial charge in [0.1, 0.15) is 5.82 Å². The second-order valence-corrected chi connectivity index (χ2v) is 8.58. The molecule has 6 heteroatoms. The van der Waals surface area contributed by atoms with Gasteiger partial charge in [0.25, 0.3) is 5.95 Å². The molecule has 0 amide bonds. The quantitative estimate of drug-likeness (QED) is 0.413. The van der Waals surface area contributed by atoms with Crippen LogP contribution in [0.3, 0.4) is 0 Å². The summed E-state index contributed by atoms with van der Waals surface area (Å²) < 4.78 is 0. The van der Waals surface area contributed by atoms with Gasteiger partial charge in [0.15, 0.2) is 0 Å². The Bertz CT molecular complexity index is 914. The molecule has 2 N–H and O–H groups in total. The van der Waals surface area contributed by atoms with Gasteiger partial charge in [0.2, 0.25) is 0 Å². The highest BCUT2D eigenvalue weighted by Gasteiger charge is 2.20. The van der Waals surface area contributed by atoms with Crippen molar-refractivity contribution in [2.24, 2.45) is 4.99 Å². The topological polar surface area (TPSA) is 73.6 Å². The number of rotatable bonds is 6. The molecule has 1 aliphatic carbocycles. The van der Waals surface area contributed by atoms with Crippen molar-refractivity contribution >= 4 is 18.1 Å². The Balaban J connectivity index is 1.86. The number of hydrogen-bond acceptors (Lipinski definition) is 5. The highest BCUT2D eigenvalue weighted by Crippen LogP contribution is 2.24. The molecular weight excluding hydrogens is 386 g/mol. The first kappa shape index (κ1) is 22.8. The number of aliphatic imine (C=N–C) groups is 1. The summed E-state index contributed by atoms with van der Waals surface area (Å²) in [5, 5.41) is 13.3. The predicted octanol–water partition coefficient (Wildman–Crippen LogP) is 4.37. The highest BCUT2D eigenvalue weighted by molar-refractivity contribution is 5.62. The normalized spacial score (nSPS) is 18.8. The second-order valence-electron chi connectivity index (χ2n) is 8.58. The van der Waals surface area contributed by atoms with E-state index in [0.717, 1.165) is 36.8 Å². The minimum atomic E-state index is -0.195. The van der Waals surface area contributed by atoms with Crippen molar-refractivity contribution in [3.05, 3.63) is 47.7 Å². The zero-order valence-electron chi connectivity index (χ0n) is 18.9. The number of aliphatic hydroxyl groups excluding tert-OH is 1. The van der Waals surface area contributed by atoms with Gasteiger partial charge in [-0.25, -0.2) is 9.98 Å². The summed E-state index contributed by atoms with van der Waals surface area (Å²) in [7, 11) is 0. The van der Waals surface area contributed by atoms with Crippen molar-refractivity contribution in [1.82, 2.24) is 14.9 Å². The molecule has 164 valence electrons. The van der Waals surface area contributed by atoms with Crippen molar-refractivity contribution in [3.63, 3.8) is 0 Å². The molecule has 0 radical (unpaired) electrons. The first-order chi connectivity index (χ1) is 14.9. The fourth-order valence-electron chi connectivity index (χ4n) is 3.69. The molecule has 0 bridgehead atoms. The van der Waals surface area contributed by atoms with E-state index in [2.05, 4.69) is 64.7 Å². The van der Waals surface area contributed by atoms with Crippen LogP contribution in [0.1, 0.15) is 64.5 Å². The van der Waals surface area contributed by atoms with Crippen LogP contribution in [0.2, 0.25) is 0 Å². The van der Waals surface area contributed by atoms with Crippen LogP contribution < -0.4 is 5.32 Å². The molecule has 0 spiro atoms. The lowest BCUT2D eigenvalue weighted by Gasteiger charge is -2.28. The van der Waals surface area contributed by atoms with Gasteiger partial charge >= 0.3 is 0 Å². The summed E-state index contributed by atoms with van der Waals surface area (Å²) in [6.45, 7) is 8.55. The zero-order valence-corrected chi connectivity index (χ0v) is 18.9. The molecular formula is C25H33N5O. The van der Waals surface area contributed by atoms with E-state index in [0.29, 0.717) is 23.8 Å². The van der Waals surface area contributed by atoms with Gasteiger partial charge in [-0.3, -0.25) is 0 Å². The van der Waals surface area contributed by atoms with Crippen LogP contribution in [0.15, 0.2) is 41.5 Å². The Morgan fingerprint density at radius 1 is 1.06 bits per heavy atom. The van der Waals surface area contributed by atoms with E-state index in [1.165, 1.54) is 0 Å². The summed E-state index contributed by atoms with van der Waals surface area (Å²) in [6.07, 6.45) is 6.78. The zero-order chi connectivity index (χ0) is 22.2. The number of hydrogen-bond donors (Lipinski definition) is 2. The fourth-order valence-corrected chi connectivity index (χ4v) is 3.69. The molecule has 0 aliphatic heterocycles. The van der Waals surface area contributed by atoms with Crippen molar-refractivity contribution in [2.45, 2.75) is 77.6 Å². The van der Waals surface area contributed by atoms with Crippen molar-refractivity contribution in [1.29, 1.82) is 0 Å². The summed E-state index contributed by atoms with van der Waals surface area (Å²) in [5.74, 6) is 7.51. The molecule has 1 aromatic carbocycles. The maximum Gasteiger partial charge on any atom is 0.252 e. The molecule has 1 aliphatic rings. The van der Waals surface area contributed by atoms with Crippen LogP contribution in [0.4, 0.5) is 11.8 Å². The summed E-state index contributed by atoms with van der Waals surface area (Å²) in [6, 6.07) is 10.8. The monoisotopic (exact) mass is 419 g/mol. The molecule has 1 aromatic heterocycles. The molecule has 0 unspecified atom stereocenters. The van der Waals surface area contributed by atoms with E-state index in [-0.39, 0.29) is 12.1 Å². The third-order valence-electron chi connectivity index (χ3n) is 5.43. The van der Waals surface area contributed by atoms with Crippen LogP contribution in [-0.4, -0.2) is 50.5 Å². The maximum atomic E-state index is 9.81. The van der Waals surface area contributed by atoms with Gasteiger partial charge in [-0.15, -0.1) is 0 Å². The molecule has 31 heavy (non-hydrogen) atoms. The molecule has 3 rings (SSSR count). The smallest absolute Gasteiger partial charge is 0.252 e. The van der Waals surface area contributed by atoms with Gasteiger partial charge in [-0.2, -0.15) is 4.98 Å². The number of benzene rings is 1. The second kappa shape index (κ2) is 10.9. The van der Waals surface area contributed by atoms with E-state index < -0.39 is 0 Å². The van der Waals surface area contributed by atoms with Crippen LogP contribution in [0, 0.1) is 11.8 Å². The number of aromatic nitrogens is 2. The number of aliphatic hydroxyl groups is 1. The molecule has 1 heterocycles. The lowest BCUT2D eigenvalue weighted by molar-refractivity contribution is 0.126. The first-order valence-electron chi connectivity index (χ1n) is 11.1. The van der Waals surface area contributed by atoms with Crippen molar-refractivity contribution in [3.8, 4) is 11.8 Å². The number of nitrogens with zero attached hydrogens (tertiary/aromatic N) is 4. The Morgan fingerprint density at radius 2 is 1.74 bits per heavy atom. The van der Waals surface area contributed by atoms with Gasteiger partial charge in [0, 0.05) is 23.7 Å². The molecule has 0 saturated heterocycles. The van der Waals surface area contributed by atoms with E-state index >= 15 is 0 Å². The summed E-state index contributed by atoms with van der Waals surface area (Å²) in [5.41, 5.74) is 1.69. The highest BCUT2D eigenvalue weighted by atomic mass is 16.3. The maximum absolute atomic E-state index is 9.81. The van der Waals surface area contributed by atoms with Crippen LogP contribution in [0.25, 0.3) is 0 Å². The SMILES string of the molecule is CC(C)N(C=Nc1ncc(C#Cc2ccccc2)c(N[C@H]2CC[C@H](O)CC2)n1)C(C)C. The fraction of sp³-hybridized carbons (Fsp3) is 0.480. The Hall–Kier alpha value is -2.91. The van der Waals surface area contributed by atoms with Crippen LogP contribution >= 0.6 is 0 Å². The molecule has 1 saturated carbocycles.